The first-order valence-corrected chi connectivity index (χ1v) is 9.00. The molecule has 1 heterocycles. The van der Waals surface area contributed by atoms with Crippen molar-refractivity contribution < 1.29 is 13.9 Å². The number of nitrogens with zero attached hydrogens (tertiary/aromatic N) is 2. The van der Waals surface area contributed by atoms with Crippen LogP contribution in [0.5, 0.6) is 5.88 Å². The number of aromatic nitrogens is 2. The van der Waals surface area contributed by atoms with Crippen molar-refractivity contribution in [3.63, 3.8) is 0 Å². The molecule has 3 rings (SSSR count). The molecule has 0 saturated heterocycles. The van der Waals surface area contributed by atoms with Crippen LogP contribution in [0.25, 0.3) is 11.3 Å². The average Bonchev–Trinajstić information content (AvgIpc) is 2.73. The van der Waals surface area contributed by atoms with Crippen molar-refractivity contribution in [1.29, 1.82) is 0 Å². The van der Waals surface area contributed by atoms with E-state index in [1.165, 1.54) is 17.7 Å². The van der Waals surface area contributed by atoms with Crippen LogP contribution in [0.1, 0.15) is 12.5 Å². The zero-order chi connectivity index (χ0) is 19.8. The van der Waals surface area contributed by atoms with Gasteiger partial charge in [0.05, 0.1) is 12.2 Å². The van der Waals surface area contributed by atoms with E-state index in [0.29, 0.717) is 18.1 Å². The van der Waals surface area contributed by atoms with E-state index < -0.39 is 0 Å². The van der Waals surface area contributed by atoms with Crippen molar-refractivity contribution in [2.75, 3.05) is 18.5 Å². The average molecular weight is 380 g/mol. The van der Waals surface area contributed by atoms with Gasteiger partial charge in [0.2, 0.25) is 5.88 Å². The van der Waals surface area contributed by atoms with Crippen LogP contribution in [0.4, 0.5) is 14.9 Å². The van der Waals surface area contributed by atoms with Gasteiger partial charge in [-0.25, -0.2) is 9.18 Å². The third-order valence-electron chi connectivity index (χ3n) is 4.04. The number of amides is 2. The summed E-state index contributed by atoms with van der Waals surface area (Å²) in [5.74, 6) is 0.0504. The molecular formula is C21H21FN4O2. The SMILES string of the molecule is CCc1ccc(NC(=O)NCCOc2ccc(-c3ccc(F)cc3)nn2)cc1. The van der Waals surface area contributed by atoms with Gasteiger partial charge < -0.3 is 15.4 Å². The molecule has 2 amide bonds. The van der Waals surface area contributed by atoms with E-state index in [2.05, 4.69) is 27.8 Å². The molecule has 0 aliphatic carbocycles. The Balaban J connectivity index is 1.40. The van der Waals surface area contributed by atoms with E-state index in [4.69, 9.17) is 4.74 Å². The van der Waals surface area contributed by atoms with Gasteiger partial charge in [0.1, 0.15) is 12.4 Å². The lowest BCUT2D eigenvalue weighted by Gasteiger charge is -2.09. The van der Waals surface area contributed by atoms with Crippen molar-refractivity contribution in [2.45, 2.75) is 13.3 Å². The summed E-state index contributed by atoms with van der Waals surface area (Å²) < 4.78 is 18.4. The van der Waals surface area contributed by atoms with E-state index in [1.807, 2.05) is 24.3 Å². The number of anilines is 1. The molecule has 2 aromatic carbocycles. The number of halogens is 1. The fraction of sp³-hybridized carbons (Fsp3) is 0.190. The van der Waals surface area contributed by atoms with E-state index in [0.717, 1.165) is 17.7 Å². The maximum atomic E-state index is 13.0. The smallest absolute Gasteiger partial charge is 0.319 e. The van der Waals surface area contributed by atoms with Crippen LogP contribution in [0, 0.1) is 5.82 Å². The number of carbonyl (C=O) groups excluding carboxylic acids is 1. The molecule has 1 aromatic heterocycles. The van der Waals surface area contributed by atoms with Crippen LogP contribution in [0.15, 0.2) is 60.7 Å². The summed E-state index contributed by atoms with van der Waals surface area (Å²) in [5, 5.41) is 13.5. The molecule has 0 aliphatic heterocycles. The first-order chi connectivity index (χ1) is 13.6. The van der Waals surface area contributed by atoms with Crippen LogP contribution >= 0.6 is 0 Å². The number of rotatable bonds is 7. The largest absolute Gasteiger partial charge is 0.475 e. The Bertz CT molecular complexity index is 897. The van der Waals surface area contributed by atoms with E-state index in [1.54, 1.807) is 24.3 Å². The molecular weight excluding hydrogens is 359 g/mol. The predicted octanol–water partition coefficient (Wildman–Crippen LogP) is 4.05. The zero-order valence-electron chi connectivity index (χ0n) is 15.5. The van der Waals surface area contributed by atoms with Crippen molar-refractivity contribution in [3.8, 4) is 17.1 Å². The number of aryl methyl sites for hydroxylation is 1. The summed E-state index contributed by atoms with van der Waals surface area (Å²) in [5.41, 5.74) is 3.34. The molecule has 0 atom stereocenters. The van der Waals surface area contributed by atoms with E-state index >= 15 is 0 Å². The van der Waals surface area contributed by atoms with Gasteiger partial charge in [-0.1, -0.05) is 19.1 Å². The maximum Gasteiger partial charge on any atom is 0.319 e. The highest BCUT2D eigenvalue weighted by Gasteiger charge is 2.04. The fourth-order valence-corrected chi connectivity index (χ4v) is 2.49. The van der Waals surface area contributed by atoms with Crippen molar-refractivity contribution in [1.82, 2.24) is 15.5 Å². The van der Waals surface area contributed by atoms with Crippen LogP contribution in [0.2, 0.25) is 0 Å². The lowest BCUT2D eigenvalue weighted by atomic mass is 10.1. The lowest BCUT2D eigenvalue weighted by Crippen LogP contribution is -2.32. The molecule has 0 bridgehead atoms. The van der Waals surface area contributed by atoms with Crippen molar-refractivity contribution >= 4 is 11.7 Å². The summed E-state index contributed by atoms with van der Waals surface area (Å²) in [6.45, 7) is 2.66. The molecule has 6 nitrogen and oxygen atoms in total. The van der Waals surface area contributed by atoms with E-state index in [9.17, 15) is 9.18 Å². The fourth-order valence-electron chi connectivity index (χ4n) is 2.49. The Labute approximate surface area is 162 Å². The topological polar surface area (TPSA) is 76.1 Å². The molecule has 7 heteroatoms. The highest BCUT2D eigenvalue weighted by molar-refractivity contribution is 5.89. The summed E-state index contributed by atoms with van der Waals surface area (Å²) >= 11 is 0. The second kappa shape index (κ2) is 9.45. The van der Waals surface area contributed by atoms with Crippen LogP contribution < -0.4 is 15.4 Å². The molecule has 0 radical (unpaired) electrons. The minimum atomic E-state index is -0.300. The highest BCUT2D eigenvalue weighted by atomic mass is 19.1. The van der Waals surface area contributed by atoms with Gasteiger partial charge in [-0.2, -0.15) is 0 Å². The Kier molecular flexibility index (Phi) is 6.51. The minimum Gasteiger partial charge on any atom is -0.475 e. The normalized spacial score (nSPS) is 10.4. The van der Waals surface area contributed by atoms with Crippen LogP contribution in [0.3, 0.4) is 0 Å². The summed E-state index contributed by atoms with van der Waals surface area (Å²) in [6, 6.07) is 16.8. The molecule has 0 spiro atoms. The Hall–Kier alpha value is -3.48. The number of carbonyl (C=O) groups is 1. The number of hydrogen-bond donors (Lipinski definition) is 2. The molecule has 144 valence electrons. The van der Waals surface area contributed by atoms with Crippen LogP contribution in [-0.2, 0) is 6.42 Å². The number of benzene rings is 2. The van der Waals surface area contributed by atoms with Gasteiger partial charge in [0, 0.05) is 17.3 Å². The molecule has 3 aromatic rings. The number of nitrogens with one attached hydrogen (secondary N) is 2. The maximum absolute atomic E-state index is 13.0. The zero-order valence-corrected chi connectivity index (χ0v) is 15.5. The monoisotopic (exact) mass is 380 g/mol. The van der Waals surface area contributed by atoms with Gasteiger partial charge in [-0.05, 0) is 54.4 Å². The summed E-state index contributed by atoms with van der Waals surface area (Å²) in [4.78, 5) is 11.9. The van der Waals surface area contributed by atoms with Crippen molar-refractivity contribution in [2.24, 2.45) is 0 Å². The van der Waals surface area contributed by atoms with Crippen LogP contribution in [-0.4, -0.2) is 29.4 Å². The van der Waals surface area contributed by atoms with E-state index in [-0.39, 0.29) is 18.5 Å². The second-order valence-electron chi connectivity index (χ2n) is 6.04. The van der Waals surface area contributed by atoms with Gasteiger partial charge >= 0.3 is 6.03 Å². The number of ether oxygens (including phenoxy) is 1. The molecule has 28 heavy (non-hydrogen) atoms. The standard InChI is InChI=1S/C21H21FN4O2/c1-2-15-3-9-18(10-4-15)24-21(27)23-13-14-28-20-12-11-19(25-26-20)16-5-7-17(22)8-6-16/h3-12H,2,13-14H2,1H3,(H2,23,24,27). The molecule has 0 saturated carbocycles. The van der Waals surface area contributed by atoms with Gasteiger partial charge in [-0.15, -0.1) is 10.2 Å². The minimum absolute atomic E-state index is 0.257. The van der Waals surface area contributed by atoms with Gasteiger partial charge in [0.15, 0.2) is 0 Å². The van der Waals surface area contributed by atoms with Crippen molar-refractivity contribution in [3.05, 3.63) is 72.0 Å². The number of urea groups is 1. The third-order valence-corrected chi connectivity index (χ3v) is 4.04. The first-order valence-electron chi connectivity index (χ1n) is 9.00. The Morgan fingerprint density at radius 1 is 1.00 bits per heavy atom. The Morgan fingerprint density at radius 2 is 1.75 bits per heavy atom. The Morgan fingerprint density at radius 3 is 2.39 bits per heavy atom. The predicted molar refractivity (Wildman–Crippen MR) is 106 cm³/mol. The van der Waals surface area contributed by atoms with Gasteiger partial charge in [0.25, 0.3) is 0 Å². The third kappa shape index (κ3) is 5.51. The molecule has 0 unspecified atom stereocenters. The molecule has 2 N–H and O–H groups in total. The molecule has 0 aliphatic rings. The summed E-state index contributed by atoms with van der Waals surface area (Å²) in [7, 11) is 0. The second-order valence-corrected chi connectivity index (χ2v) is 6.04. The lowest BCUT2D eigenvalue weighted by molar-refractivity contribution is 0.246. The summed E-state index contributed by atoms with van der Waals surface area (Å²) in [6.07, 6.45) is 0.956. The highest BCUT2D eigenvalue weighted by Crippen LogP contribution is 2.18. The quantitative estimate of drug-likeness (QED) is 0.607. The number of hydrogen-bond acceptors (Lipinski definition) is 4. The molecule has 0 fully saturated rings. The van der Waals surface area contributed by atoms with Gasteiger partial charge in [-0.3, -0.25) is 0 Å². The first kappa shape index (κ1) is 19.3.